The number of cyclic esters (lactones) is 1. The average molecular weight is 297 g/mol. The first-order chi connectivity index (χ1) is 9.52. The van der Waals surface area contributed by atoms with Gasteiger partial charge in [0.15, 0.2) is 12.4 Å². The summed E-state index contributed by atoms with van der Waals surface area (Å²) in [6, 6.07) is 5.14. The molecule has 0 aromatic heterocycles. The number of benzene rings is 1. The van der Waals surface area contributed by atoms with E-state index in [-0.39, 0.29) is 25.0 Å². The van der Waals surface area contributed by atoms with Gasteiger partial charge in [-0.05, 0) is 24.6 Å². The molecule has 1 aliphatic rings. The zero-order valence-electron chi connectivity index (χ0n) is 11.1. The van der Waals surface area contributed by atoms with Crippen LogP contribution in [-0.4, -0.2) is 38.2 Å². The Kier molecular flexibility index (Phi) is 4.36. The van der Waals surface area contributed by atoms with Crippen molar-refractivity contribution in [1.29, 1.82) is 0 Å². The van der Waals surface area contributed by atoms with Crippen LogP contribution < -0.4 is 4.90 Å². The van der Waals surface area contributed by atoms with Gasteiger partial charge in [-0.25, -0.2) is 4.79 Å². The number of nitrogens with zero attached hydrogens (tertiary/aromatic N) is 2. The lowest BCUT2D eigenvalue weighted by molar-refractivity contribution is -0.121. The molecular formula is C13H13ClN2O4. The number of amides is 2. The van der Waals surface area contributed by atoms with Crippen LogP contribution in [0.25, 0.3) is 0 Å². The number of carbonyl (C=O) groups excluding carboxylic acids is 2. The number of anilines is 1. The Morgan fingerprint density at radius 3 is 2.90 bits per heavy atom. The number of rotatable bonds is 3. The highest BCUT2D eigenvalue weighted by Gasteiger charge is 2.28. The van der Waals surface area contributed by atoms with Crippen LogP contribution in [0, 0.1) is 6.92 Å². The summed E-state index contributed by atoms with van der Waals surface area (Å²) >= 11 is 5.97. The van der Waals surface area contributed by atoms with Gasteiger partial charge in [0.1, 0.15) is 6.61 Å². The maximum atomic E-state index is 12.2. The van der Waals surface area contributed by atoms with Gasteiger partial charge >= 0.3 is 6.09 Å². The third-order valence-electron chi connectivity index (χ3n) is 2.73. The van der Waals surface area contributed by atoms with Crippen molar-refractivity contribution in [2.45, 2.75) is 6.92 Å². The van der Waals surface area contributed by atoms with Crippen LogP contribution in [0.1, 0.15) is 5.56 Å². The molecule has 20 heavy (non-hydrogen) atoms. The SMILES string of the molecule is COCC(=O)N(C1=NC(=O)OC1)c1cc(Cl)ccc1C. The number of amidine groups is 1. The van der Waals surface area contributed by atoms with Gasteiger partial charge in [0.25, 0.3) is 5.91 Å². The molecule has 1 aromatic carbocycles. The van der Waals surface area contributed by atoms with E-state index in [4.69, 9.17) is 21.1 Å². The summed E-state index contributed by atoms with van der Waals surface area (Å²) in [6.07, 6.45) is -0.713. The Hall–Kier alpha value is -1.92. The molecule has 1 aliphatic heterocycles. The van der Waals surface area contributed by atoms with Gasteiger partial charge in [-0.3, -0.25) is 9.69 Å². The van der Waals surface area contributed by atoms with E-state index in [9.17, 15) is 9.59 Å². The normalized spacial score (nSPS) is 13.9. The minimum Gasteiger partial charge on any atom is -0.440 e. The van der Waals surface area contributed by atoms with Gasteiger partial charge in [0.05, 0.1) is 5.69 Å². The number of hydrogen-bond acceptors (Lipinski definition) is 4. The topological polar surface area (TPSA) is 68.2 Å². The summed E-state index contributed by atoms with van der Waals surface area (Å²) in [7, 11) is 1.42. The van der Waals surface area contributed by atoms with Crippen LogP contribution >= 0.6 is 11.6 Å². The van der Waals surface area contributed by atoms with E-state index in [1.807, 2.05) is 6.92 Å². The molecule has 0 fully saturated rings. The molecule has 2 amide bonds. The summed E-state index contributed by atoms with van der Waals surface area (Å²) in [5.74, 6) is -0.127. The minimum atomic E-state index is -0.713. The molecule has 6 nitrogen and oxygen atoms in total. The van der Waals surface area contributed by atoms with Crippen LogP contribution in [0.2, 0.25) is 5.02 Å². The molecule has 0 aliphatic carbocycles. The quantitative estimate of drug-likeness (QED) is 0.857. The van der Waals surface area contributed by atoms with Crippen molar-refractivity contribution in [1.82, 2.24) is 0 Å². The summed E-state index contributed by atoms with van der Waals surface area (Å²) in [5.41, 5.74) is 1.37. The maximum Gasteiger partial charge on any atom is 0.435 e. The van der Waals surface area contributed by atoms with E-state index in [1.54, 1.807) is 18.2 Å². The molecule has 0 saturated heterocycles. The molecule has 2 rings (SSSR count). The number of methoxy groups -OCH3 is 1. The molecule has 0 atom stereocenters. The highest BCUT2D eigenvalue weighted by atomic mass is 35.5. The van der Waals surface area contributed by atoms with Crippen LogP contribution in [0.5, 0.6) is 0 Å². The number of aliphatic imine (C=N–C) groups is 1. The summed E-state index contributed by atoms with van der Waals surface area (Å²) < 4.78 is 9.61. The van der Waals surface area contributed by atoms with Gasteiger partial charge < -0.3 is 9.47 Å². The first-order valence-corrected chi connectivity index (χ1v) is 6.23. The summed E-state index contributed by atoms with van der Waals surface area (Å²) in [6.45, 7) is 1.64. The smallest absolute Gasteiger partial charge is 0.435 e. The fraction of sp³-hybridized carbons (Fsp3) is 0.308. The minimum absolute atomic E-state index is 0.0553. The Morgan fingerprint density at radius 2 is 2.30 bits per heavy atom. The van der Waals surface area contributed by atoms with Crippen molar-refractivity contribution >= 4 is 35.1 Å². The second-order valence-corrected chi connectivity index (χ2v) is 4.61. The van der Waals surface area contributed by atoms with Crippen molar-refractivity contribution in [2.24, 2.45) is 4.99 Å². The molecule has 0 unspecified atom stereocenters. The maximum absolute atomic E-state index is 12.2. The second-order valence-electron chi connectivity index (χ2n) is 4.18. The predicted octanol–water partition coefficient (Wildman–Crippen LogP) is 2.18. The number of aryl methyl sites for hydroxylation is 1. The van der Waals surface area contributed by atoms with E-state index >= 15 is 0 Å². The molecule has 0 N–H and O–H groups in total. The van der Waals surface area contributed by atoms with Crippen molar-refractivity contribution in [3.63, 3.8) is 0 Å². The Bertz CT molecular complexity index is 586. The Balaban J connectivity index is 2.46. The van der Waals surface area contributed by atoms with Gasteiger partial charge in [0, 0.05) is 12.1 Å². The third-order valence-corrected chi connectivity index (χ3v) is 2.97. The highest BCUT2D eigenvalue weighted by molar-refractivity contribution is 6.31. The van der Waals surface area contributed by atoms with Crippen LogP contribution in [0.3, 0.4) is 0 Å². The lowest BCUT2D eigenvalue weighted by atomic mass is 10.1. The number of hydrogen-bond donors (Lipinski definition) is 0. The standard InChI is InChI=1S/C13H13ClN2O4/c1-8-3-4-9(14)5-10(8)16(12(17)7-19-2)11-6-20-13(18)15-11/h3-5H,6-7H2,1-2H3. The molecule has 1 aromatic rings. The highest BCUT2D eigenvalue weighted by Crippen LogP contribution is 2.26. The molecular weight excluding hydrogens is 284 g/mol. The number of halogens is 1. The Morgan fingerprint density at radius 1 is 1.55 bits per heavy atom. The number of ether oxygens (including phenoxy) is 2. The molecule has 0 bridgehead atoms. The zero-order valence-corrected chi connectivity index (χ0v) is 11.8. The zero-order chi connectivity index (χ0) is 14.7. The van der Waals surface area contributed by atoms with E-state index in [0.29, 0.717) is 10.7 Å². The fourth-order valence-corrected chi connectivity index (χ4v) is 2.01. The first-order valence-electron chi connectivity index (χ1n) is 5.85. The van der Waals surface area contributed by atoms with E-state index in [0.717, 1.165) is 5.56 Å². The molecule has 0 saturated carbocycles. The average Bonchev–Trinajstić information content (AvgIpc) is 2.81. The molecule has 106 valence electrons. The second kappa shape index (κ2) is 6.02. The van der Waals surface area contributed by atoms with Gasteiger partial charge in [-0.15, -0.1) is 0 Å². The number of carbonyl (C=O) groups is 2. The van der Waals surface area contributed by atoms with Crippen molar-refractivity contribution in [3.8, 4) is 0 Å². The third kappa shape index (κ3) is 2.97. The van der Waals surface area contributed by atoms with Gasteiger partial charge in [0.2, 0.25) is 0 Å². The largest absolute Gasteiger partial charge is 0.440 e. The summed E-state index contributed by atoms with van der Waals surface area (Å²) in [5, 5.41) is 0.478. The van der Waals surface area contributed by atoms with E-state index < -0.39 is 6.09 Å². The fourth-order valence-electron chi connectivity index (χ4n) is 1.84. The monoisotopic (exact) mass is 296 g/mol. The van der Waals surface area contributed by atoms with Gasteiger partial charge in [-0.2, -0.15) is 4.99 Å². The van der Waals surface area contributed by atoms with Crippen LogP contribution in [-0.2, 0) is 14.3 Å². The van der Waals surface area contributed by atoms with Crippen molar-refractivity contribution in [3.05, 3.63) is 28.8 Å². The van der Waals surface area contributed by atoms with Crippen LogP contribution in [0.4, 0.5) is 10.5 Å². The van der Waals surface area contributed by atoms with Crippen molar-refractivity contribution in [2.75, 3.05) is 25.2 Å². The summed E-state index contributed by atoms with van der Waals surface area (Å²) in [4.78, 5) is 28.3. The molecule has 1 heterocycles. The lowest BCUT2D eigenvalue weighted by Crippen LogP contribution is -2.40. The first kappa shape index (κ1) is 14.5. The van der Waals surface area contributed by atoms with E-state index in [1.165, 1.54) is 12.0 Å². The molecule has 0 spiro atoms. The van der Waals surface area contributed by atoms with Gasteiger partial charge in [-0.1, -0.05) is 17.7 Å². The molecule has 0 radical (unpaired) electrons. The lowest BCUT2D eigenvalue weighted by Gasteiger charge is -2.23. The van der Waals surface area contributed by atoms with Crippen LogP contribution in [0.15, 0.2) is 23.2 Å². The Labute approximate surface area is 120 Å². The predicted molar refractivity (Wildman–Crippen MR) is 74.3 cm³/mol. The van der Waals surface area contributed by atoms with Crippen molar-refractivity contribution < 1.29 is 19.1 Å². The van der Waals surface area contributed by atoms with E-state index in [2.05, 4.69) is 4.99 Å². The molecule has 7 heteroatoms.